The minimum absolute atomic E-state index is 0.153. The minimum atomic E-state index is -0.153. The van der Waals surface area contributed by atoms with Gasteiger partial charge in [-0.2, -0.15) is 5.10 Å². The van der Waals surface area contributed by atoms with Crippen LogP contribution in [-0.2, 0) is 13.1 Å². The number of aromatic nitrogens is 2. The Balaban J connectivity index is 1.32. The maximum absolute atomic E-state index is 12.4. The van der Waals surface area contributed by atoms with Crippen molar-refractivity contribution in [2.75, 3.05) is 13.8 Å². The van der Waals surface area contributed by atoms with E-state index in [4.69, 9.17) is 9.47 Å². The van der Waals surface area contributed by atoms with Gasteiger partial charge in [-0.25, -0.2) is 9.48 Å². The van der Waals surface area contributed by atoms with Crippen molar-refractivity contribution in [3.63, 3.8) is 0 Å². The third kappa shape index (κ3) is 3.87. The average molecular weight is 364 g/mol. The quantitative estimate of drug-likeness (QED) is 0.756. The van der Waals surface area contributed by atoms with Gasteiger partial charge in [0.05, 0.1) is 11.9 Å². The highest BCUT2D eigenvalue weighted by atomic mass is 16.7. The van der Waals surface area contributed by atoms with Crippen molar-refractivity contribution in [3.05, 3.63) is 72.1 Å². The van der Waals surface area contributed by atoms with Gasteiger partial charge in [0.25, 0.3) is 0 Å². The number of rotatable bonds is 5. The standard InChI is InChI=1S/C20H20N4O3/c1-23(12-15-7-8-18-19(9-15)27-14-26-18)20(25)21-10-16-11-22-24(13-16)17-5-3-2-4-6-17/h2-9,11,13H,10,12,14H2,1H3,(H,21,25). The van der Waals surface area contributed by atoms with E-state index in [0.29, 0.717) is 13.1 Å². The van der Waals surface area contributed by atoms with E-state index in [9.17, 15) is 4.79 Å². The monoisotopic (exact) mass is 364 g/mol. The highest BCUT2D eigenvalue weighted by molar-refractivity contribution is 5.73. The smallest absolute Gasteiger partial charge is 0.317 e. The Morgan fingerprint density at radius 1 is 1.15 bits per heavy atom. The average Bonchev–Trinajstić information content (AvgIpc) is 3.35. The number of urea groups is 1. The Bertz CT molecular complexity index is 939. The molecule has 7 nitrogen and oxygen atoms in total. The molecule has 2 aromatic carbocycles. The van der Waals surface area contributed by atoms with Gasteiger partial charge in [-0.1, -0.05) is 24.3 Å². The predicted octanol–water partition coefficient (Wildman–Crippen LogP) is 2.94. The fraction of sp³-hybridized carbons (Fsp3) is 0.200. The van der Waals surface area contributed by atoms with Gasteiger partial charge in [-0.05, 0) is 29.8 Å². The SMILES string of the molecule is CN(Cc1ccc2c(c1)OCO2)C(=O)NCc1cnn(-c2ccccc2)c1. The molecule has 1 aliphatic heterocycles. The molecular formula is C20H20N4O3. The second kappa shape index (κ2) is 7.41. The molecule has 27 heavy (non-hydrogen) atoms. The normalized spacial score (nSPS) is 12.0. The zero-order chi connectivity index (χ0) is 18.6. The molecule has 2 amide bonds. The van der Waals surface area contributed by atoms with Crippen LogP contribution in [0, 0.1) is 0 Å². The molecule has 0 radical (unpaired) electrons. The third-order valence-electron chi connectivity index (χ3n) is 4.30. The fourth-order valence-corrected chi connectivity index (χ4v) is 2.87. The van der Waals surface area contributed by atoms with Crippen molar-refractivity contribution in [2.45, 2.75) is 13.1 Å². The number of fused-ring (bicyclic) bond motifs is 1. The van der Waals surface area contributed by atoms with E-state index in [1.165, 1.54) is 0 Å². The van der Waals surface area contributed by atoms with Crippen LogP contribution in [0.4, 0.5) is 4.79 Å². The highest BCUT2D eigenvalue weighted by Crippen LogP contribution is 2.32. The number of amides is 2. The number of para-hydroxylation sites is 1. The highest BCUT2D eigenvalue weighted by Gasteiger charge is 2.15. The second-order valence-corrected chi connectivity index (χ2v) is 6.33. The molecule has 138 valence electrons. The molecule has 0 aliphatic carbocycles. The van der Waals surface area contributed by atoms with Crippen molar-refractivity contribution in [3.8, 4) is 17.2 Å². The summed E-state index contributed by atoms with van der Waals surface area (Å²) in [5, 5.41) is 7.25. The van der Waals surface area contributed by atoms with Crippen LogP contribution in [0.3, 0.4) is 0 Å². The van der Waals surface area contributed by atoms with Crippen molar-refractivity contribution >= 4 is 6.03 Å². The largest absolute Gasteiger partial charge is 0.454 e. The molecule has 3 aromatic rings. The molecule has 0 unspecified atom stereocenters. The summed E-state index contributed by atoms with van der Waals surface area (Å²) in [6.07, 6.45) is 3.67. The summed E-state index contributed by atoms with van der Waals surface area (Å²) in [6, 6.07) is 15.4. The molecule has 2 heterocycles. The molecule has 0 atom stereocenters. The van der Waals surface area contributed by atoms with Crippen LogP contribution in [0.1, 0.15) is 11.1 Å². The lowest BCUT2D eigenvalue weighted by molar-refractivity contribution is 0.174. The zero-order valence-corrected chi connectivity index (χ0v) is 15.0. The summed E-state index contributed by atoms with van der Waals surface area (Å²) in [6.45, 7) is 1.13. The van der Waals surface area contributed by atoms with Gasteiger partial charge in [0.2, 0.25) is 6.79 Å². The number of ether oxygens (including phenoxy) is 2. The molecule has 1 N–H and O–H groups in total. The van der Waals surface area contributed by atoms with Crippen molar-refractivity contribution < 1.29 is 14.3 Å². The van der Waals surface area contributed by atoms with E-state index in [2.05, 4.69) is 10.4 Å². The molecule has 1 aliphatic rings. The predicted molar refractivity (Wildman–Crippen MR) is 99.8 cm³/mol. The maximum atomic E-state index is 12.4. The number of hydrogen-bond donors (Lipinski definition) is 1. The Morgan fingerprint density at radius 2 is 1.96 bits per heavy atom. The van der Waals surface area contributed by atoms with Gasteiger partial charge in [0.15, 0.2) is 11.5 Å². The number of nitrogens with one attached hydrogen (secondary N) is 1. The first-order valence-electron chi connectivity index (χ1n) is 8.65. The Morgan fingerprint density at radius 3 is 2.81 bits per heavy atom. The van der Waals surface area contributed by atoms with Crippen molar-refractivity contribution in [1.82, 2.24) is 20.0 Å². The van der Waals surface area contributed by atoms with Gasteiger partial charge in [0.1, 0.15) is 0 Å². The van der Waals surface area contributed by atoms with E-state index in [1.54, 1.807) is 22.8 Å². The first-order valence-corrected chi connectivity index (χ1v) is 8.65. The van der Waals surface area contributed by atoms with Crippen LogP contribution in [0.5, 0.6) is 11.5 Å². The van der Waals surface area contributed by atoms with Gasteiger partial charge >= 0.3 is 6.03 Å². The number of nitrogens with zero attached hydrogens (tertiary/aromatic N) is 3. The van der Waals surface area contributed by atoms with E-state index >= 15 is 0 Å². The molecule has 0 bridgehead atoms. The molecule has 1 aromatic heterocycles. The van der Waals surface area contributed by atoms with Gasteiger partial charge in [0, 0.05) is 31.9 Å². The number of benzene rings is 2. The van der Waals surface area contributed by atoms with E-state index in [-0.39, 0.29) is 12.8 Å². The summed E-state index contributed by atoms with van der Waals surface area (Å²) in [5.41, 5.74) is 2.90. The number of hydrogen-bond acceptors (Lipinski definition) is 4. The first kappa shape index (κ1) is 17.0. The van der Waals surface area contributed by atoms with Gasteiger partial charge in [-0.15, -0.1) is 0 Å². The fourth-order valence-electron chi connectivity index (χ4n) is 2.87. The number of carbonyl (C=O) groups is 1. The van der Waals surface area contributed by atoms with Crippen LogP contribution in [-0.4, -0.2) is 34.6 Å². The Kier molecular flexibility index (Phi) is 4.65. The molecule has 4 rings (SSSR count). The van der Waals surface area contributed by atoms with E-state index in [1.807, 2.05) is 54.7 Å². The Labute approximate surface area is 157 Å². The van der Waals surface area contributed by atoms with Crippen molar-refractivity contribution in [1.29, 1.82) is 0 Å². The van der Waals surface area contributed by atoms with Gasteiger partial charge in [-0.3, -0.25) is 0 Å². The summed E-state index contributed by atoms with van der Waals surface area (Å²) in [5.74, 6) is 1.45. The molecule has 0 saturated carbocycles. The lowest BCUT2D eigenvalue weighted by atomic mass is 10.2. The summed E-state index contributed by atoms with van der Waals surface area (Å²) < 4.78 is 12.5. The van der Waals surface area contributed by atoms with Gasteiger partial charge < -0.3 is 19.7 Å². The van der Waals surface area contributed by atoms with E-state index in [0.717, 1.165) is 28.3 Å². The minimum Gasteiger partial charge on any atom is -0.454 e. The lowest BCUT2D eigenvalue weighted by Crippen LogP contribution is -2.36. The molecule has 7 heteroatoms. The van der Waals surface area contributed by atoms with Crippen LogP contribution in [0.2, 0.25) is 0 Å². The van der Waals surface area contributed by atoms with Crippen LogP contribution in [0.15, 0.2) is 60.9 Å². The molecule has 0 fully saturated rings. The van der Waals surface area contributed by atoms with Crippen LogP contribution < -0.4 is 14.8 Å². The van der Waals surface area contributed by atoms with Crippen LogP contribution >= 0.6 is 0 Å². The molecule has 0 saturated heterocycles. The lowest BCUT2D eigenvalue weighted by Gasteiger charge is -2.18. The Hall–Kier alpha value is -3.48. The maximum Gasteiger partial charge on any atom is 0.317 e. The molecular weight excluding hydrogens is 344 g/mol. The second-order valence-electron chi connectivity index (χ2n) is 6.33. The van der Waals surface area contributed by atoms with E-state index < -0.39 is 0 Å². The number of carbonyl (C=O) groups excluding carboxylic acids is 1. The van der Waals surface area contributed by atoms with Crippen LogP contribution in [0.25, 0.3) is 5.69 Å². The summed E-state index contributed by atoms with van der Waals surface area (Å²) >= 11 is 0. The third-order valence-corrected chi connectivity index (χ3v) is 4.30. The first-order chi connectivity index (χ1) is 13.2. The summed E-state index contributed by atoms with van der Waals surface area (Å²) in [4.78, 5) is 14.0. The molecule has 0 spiro atoms. The van der Waals surface area contributed by atoms with Crippen molar-refractivity contribution in [2.24, 2.45) is 0 Å². The zero-order valence-electron chi connectivity index (χ0n) is 15.0. The topological polar surface area (TPSA) is 68.6 Å². The summed E-state index contributed by atoms with van der Waals surface area (Å²) in [7, 11) is 1.76.